The van der Waals surface area contributed by atoms with Crippen LogP contribution in [0.1, 0.15) is 40.7 Å². The molecule has 6 nitrogen and oxygen atoms in total. The maximum Gasteiger partial charge on any atom is 0.183 e. The van der Waals surface area contributed by atoms with E-state index in [-0.39, 0.29) is 49.2 Å². The van der Waals surface area contributed by atoms with Crippen molar-refractivity contribution in [1.29, 1.82) is 0 Å². The molecule has 0 radical (unpaired) electrons. The van der Waals surface area contributed by atoms with Crippen LogP contribution >= 0.6 is 0 Å². The van der Waals surface area contributed by atoms with Gasteiger partial charge in [0.1, 0.15) is 6.10 Å². The van der Waals surface area contributed by atoms with Gasteiger partial charge in [-0.15, -0.1) is 0 Å². The van der Waals surface area contributed by atoms with Crippen LogP contribution in [0, 0.1) is 37.4 Å². The van der Waals surface area contributed by atoms with Crippen LogP contribution in [0.2, 0.25) is 0 Å². The third-order valence-corrected chi connectivity index (χ3v) is 7.68. The molecule has 0 saturated carbocycles. The van der Waals surface area contributed by atoms with Crippen LogP contribution in [0.15, 0.2) is 30.3 Å². The second kappa shape index (κ2) is 10.3. The van der Waals surface area contributed by atoms with Crippen molar-refractivity contribution >= 4 is 0 Å². The van der Waals surface area contributed by atoms with Crippen LogP contribution in [0.3, 0.4) is 0 Å². The first-order chi connectivity index (χ1) is 16.2. The number of hydrogen-bond acceptors (Lipinski definition) is 6. The molecule has 1 saturated heterocycles. The Morgan fingerprint density at radius 3 is 2.56 bits per heavy atom. The van der Waals surface area contributed by atoms with Gasteiger partial charge in [0.2, 0.25) is 0 Å². The minimum atomic E-state index is -0.957. The Labute approximate surface area is 200 Å². The molecule has 3 N–H and O–H groups in total. The van der Waals surface area contributed by atoms with Gasteiger partial charge in [0.05, 0.1) is 26.4 Å². The number of rotatable bonds is 6. The SMILES string of the molecule is COc1cc(C2c3cc(C)c(C)cc3C[C@H](CO)[C@H]2CO[C@@H]2OC[C@@H](O)[C@H](C)[C@H]2O)ccc1F. The van der Waals surface area contributed by atoms with Crippen LogP contribution in [0.25, 0.3) is 0 Å². The van der Waals surface area contributed by atoms with Crippen molar-refractivity contribution in [3.05, 3.63) is 64.0 Å². The maximum absolute atomic E-state index is 14.2. The van der Waals surface area contributed by atoms with Gasteiger partial charge in [-0.2, -0.15) is 0 Å². The topological polar surface area (TPSA) is 88.4 Å². The zero-order chi connectivity index (χ0) is 24.6. The summed E-state index contributed by atoms with van der Waals surface area (Å²) in [4.78, 5) is 0. The third kappa shape index (κ3) is 4.72. The van der Waals surface area contributed by atoms with Crippen molar-refractivity contribution in [2.24, 2.45) is 17.8 Å². The Kier molecular flexibility index (Phi) is 7.60. The van der Waals surface area contributed by atoms with E-state index < -0.39 is 24.3 Å². The molecule has 0 bridgehead atoms. The lowest BCUT2D eigenvalue weighted by Gasteiger charge is -2.42. The van der Waals surface area contributed by atoms with E-state index in [4.69, 9.17) is 14.2 Å². The zero-order valence-corrected chi connectivity index (χ0v) is 20.2. The van der Waals surface area contributed by atoms with Gasteiger partial charge in [-0.1, -0.05) is 25.1 Å². The van der Waals surface area contributed by atoms with Crippen LogP contribution in [0.4, 0.5) is 4.39 Å². The van der Waals surface area contributed by atoms with Gasteiger partial charge in [0.25, 0.3) is 0 Å². The largest absolute Gasteiger partial charge is 0.494 e. The molecule has 1 aliphatic heterocycles. The molecular weight excluding hydrogens is 439 g/mol. The second-order valence-electron chi connectivity index (χ2n) is 9.77. The highest BCUT2D eigenvalue weighted by molar-refractivity contribution is 5.47. The summed E-state index contributed by atoms with van der Waals surface area (Å²) in [5, 5.41) is 30.8. The average Bonchev–Trinajstić information content (AvgIpc) is 2.83. The Balaban J connectivity index is 1.72. The molecule has 1 unspecified atom stereocenters. The molecule has 1 fully saturated rings. The van der Waals surface area contributed by atoms with E-state index in [1.807, 2.05) is 0 Å². The summed E-state index contributed by atoms with van der Waals surface area (Å²) < 4.78 is 31.2. The van der Waals surface area contributed by atoms with Crippen molar-refractivity contribution in [1.82, 2.24) is 0 Å². The van der Waals surface area contributed by atoms with E-state index in [2.05, 4.69) is 26.0 Å². The van der Waals surface area contributed by atoms with E-state index in [1.165, 1.54) is 18.7 Å². The summed E-state index contributed by atoms with van der Waals surface area (Å²) in [7, 11) is 1.44. The van der Waals surface area contributed by atoms with Gasteiger partial charge in [-0.05, 0) is 72.1 Å². The van der Waals surface area contributed by atoms with Crippen LogP contribution < -0.4 is 4.74 Å². The lowest BCUT2D eigenvalue weighted by atomic mass is 9.66. The van der Waals surface area contributed by atoms with Crippen LogP contribution in [-0.2, 0) is 15.9 Å². The third-order valence-electron chi connectivity index (χ3n) is 7.68. The molecule has 2 aromatic rings. The van der Waals surface area contributed by atoms with E-state index in [0.29, 0.717) is 6.42 Å². The van der Waals surface area contributed by atoms with Gasteiger partial charge in [-0.3, -0.25) is 0 Å². The summed E-state index contributed by atoms with van der Waals surface area (Å²) in [6.45, 7) is 6.20. The van der Waals surface area contributed by atoms with Crippen molar-refractivity contribution in [2.45, 2.75) is 51.6 Å². The monoisotopic (exact) mass is 474 g/mol. The first kappa shape index (κ1) is 25.1. The summed E-state index contributed by atoms with van der Waals surface area (Å²) in [5.41, 5.74) is 5.52. The Morgan fingerprint density at radius 2 is 1.85 bits per heavy atom. The zero-order valence-electron chi connectivity index (χ0n) is 20.2. The number of aryl methyl sites for hydroxylation is 2. The molecular formula is C27H35FO6. The lowest BCUT2D eigenvalue weighted by Crippen LogP contribution is -2.50. The van der Waals surface area contributed by atoms with Gasteiger partial charge < -0.3 is 29.5 Å². The Morgan fingerprint density at radius 1 is 1.12 bits per heavy atom. The number of aliphatic hydroxyl groups excluding tert-OH is 3. The Hall–Kier alpha value is -2.03. The van der Waals surface area contributed by atoms with E-state index in [1.54, 1.807) is 19.1 Å². The summed E-state index contributed by atoms with van der Waals surface area (Å²) in [6.07, 6.45) is -1.87. The second-order valence-corrected chi connectivity index (χ2v) is 9.77. The van der Waals surface area contributed by atoms with Crippen molar-refractivity contribution in [2.75, 3.05) is 26.9 Å². The van der Waals surface area contributed by atoms with Gasteiger partial charge in [0, 0.05) is 18.4 Å². The highest BCUT2D eigenvalue weighted by Gasteiger charge is 2.41. The van der Waals surface area contributed by atoms with Crippen LogP contribution in [0.5, 0.6) is 5.75 Å². The van der Waals surface area contributed by atoms with Gasteiger partial charge in [-0.25, -0.2) is 4.39 Å². The predicted octanol–water partition coefficient (Wildman–Crippen LogP) is 3.09. The number of benzene rings is 2. The average molecular weight is 475 g/mol. The number of halogens is 1. The standard InChI is InChI=1S/C27H35FO6/c1-14-7-18-9-19(11-29)21(12-33-27-26(31)16(3)23(30)13-34-27)25(20(18)8-15(14)2)17-5-6-22(28)24(10-17)32-4/h5-8,10,16,19,21,23,25-27,29-31H,9,11-13H2,1-4H3/t16-,19+,21+,23+,25?,26+,27+/m0/s1. The first-order valence-electron chi connectivity index (χ1n) is 11.9. The number of methoxy groups -OCH3 is 1. The molecule has 2 aromatic carbocycles. The van der Waals surface area contributed by atoms with Gasteiger partial charge in [0.15, 0.2) is 17.9 Å². The molecule has 186 valence electrons. The summed E-state index contributed by atoms with van der Waals surface area (Å²) >= 11 is 0. The fourth-order valence-electron chi connectivity index (χ4n) is 5.30. The van der Waals surface area contributed by atoms with Crippen LogP contribution in [-0.4, -0.2) is 60.7 Å². The number of ether oxygens (including phenoxy) is 3. The minimum absolute atomic E-state index is 0.0294. The number of aliphatic hydroxyl groups is 3. The Bertz CT molecular complexity index is 1010. The van der Waals surface area contributed by atoms with E-state index >= 15 is 0 Å². The fourth-order valence-corrected chi connectivity index (χ4v) is 5.30. The molecule has 7 heteroatoms. The highest BCUT2D eigenvalue weighted by atomic mass is 19.1. The molecule has 0 amide bonds. The predicted molar refractivity (Wildman–Crippen MR) is 125 cm³/mol. The van der Waals surface area contributed by atoms with Crippen molar-refractivity contribution < 1.29 is 33.9 Å². The normalized spacial score (nSPS) is 31.2. The van der Waals surface area contributed by atoms with E-state index in [0.717, 1.165) is 22.3 Å². The number of hydrogen-bond donors (Lipinski definition) is 3. The quantitative estimate of drug-likeness (QED) is 0.596. The highest BCUT2D eigenvalue weighted by Crippen LogP contribution is 2.46. The number of fused-ring (bicyclic) bond motifs is 1. The molecule has 0 spiro atoms. The molecule has 7 atom stereocenters. The molecule has 34 heavy (non-hydrogen) atoms. The molecule has 1 heterocycles. The van der Waals surface area contributed by atoms with Crippen molar-refractivity contribution in [3.63, 3.8) is 0 Å². The molecule has 2 aliphatic rings. The smallest absolute Gasteiger partial charge is 0.183 e. The fraction of sp³-hybridized carbons (Fsp3) is 0.556. The lowest BCUT2D eigenvalue weighted by molar-refractivity contribution is -0.259. The molecule has 1 aliphatic carbocycles. The molecule has 4 rings (SSSR count). The summed E-state index contributed by atoms with van der Waals surface area (Å²) in [5.74, 6) is -1.05. The first-order valence-corrected chi connectivity index (χ1v) is 11.9. The van der Waals surface area contributed by atoms with Gasteiger partial charge >= 0.3 is 0 Å². The summed E-state index contributed by atoms with van der Waals surface area (Å²) in [6, 6.07) is 9.24. The minimum Gasteiger partial charge on any atom is -0.494 e. The van der Waals surface area contributed by atoms with E-state index in [9.17, 15) is 19.7 Å². The van der Waals surface area contributed by atoms with Crippen molar-refractivity contribution in [3.8, 4) is 5.75 Å². The maximum atomic E-state index is 14.2. The molecule has 0 aromatic heterocycles.